The number of para-hydroxylation sites is 1. The second-order valence-corrected chi connectivity index (χ2v) is 7.60. The molecule has 0 unspecified atom stereocenters. The second kappa shape index (κ2) is 12.2. The first-order valence-corrected chi connectivity index (χ1v) is 10.6. The molecule has 0 fully saturated rings. The summed E-state index contributed by atoms with van der Waals surface area (Å²) in [7, 11) is 3.21. The Morgan fingerprint density at radius 1 is 0.844 bits per heavy atom. The largest absolute Gasteiger partial charge is 0.493 e. The molecule has 0 aliphatic heterocycles. The first-order chi connectivity index (χ1) is 15.6. The van der Waals surface area contributed by atoms with E-state index >= 15 is 0 Å². The molecule has 170 valence electrons. The maximum atomic E-state index is 13.3. The highest BCUT2D eigenvalue weighted by Crippen LogP contribution is 2.31. The Labute approximate surface area is 189 Å². The van der Waals surface area contributed by atoms with Gasteiger partial charge >= 0.3 is 0 Å². The first-order valence-electron chi connectivity index (χ1n) is 10.6. The summed E-state index contributed by atoms with van der Waals surface area (Å²) >= 11 is 0. The first kappa shape index (κ1) is 23.7. The van der Waals surface area contributed by atoms with Gasteiger partial charge in [-0.3, -0.25) is 4.90 Å². The van der Waals surface area contributed by atoms with E-state index in [0.29, 0.717) is 37.7 Å². The summed E-state index contributed by atoms with van der Waals surface area (Å²) in [6.07, 6.45) is -0.684. The summed E-state index contributed by atoms with van der Waals surface area (Å²) in [5.74, 6) is 1.04. The number of methoxy groups -OCH3 is 2. The van der Waals surface area contributed by atoms with Crippen LogP contribution in [0.2, 0.25) is 0 Å². The van der Waals surface area contributed by atoms with Crippen LogP contribution in [0, 0.1) is 5.82 Å². The van der Waals surface area contributed by atoms with Gasteiger partial charge in [-0.1, -0.05) is 54.6 Å². The SMILES string of the molecule is COc1cccc(CN(Cc2ccc(F)cc2)C[C@H](O)COCc2ccccc2)c1OC. The lowest BCUT2D eigenvalue weighted by atomic mass is 10.1. The van der Waals surface area contributed by atoms with Crippen LogP contribution in [-0.4, -0.2) is 43.5 Å². The van der Waals surface area contributed by atoms with Crippen molar-refractivity contribution in [3.05, 3.63) is 95.3 Å². The minimum atomic E-state index is -0.684. The van der Waals surface area contributed by atoms with Gasteiger partial charge in [-0.05, 0) is 29.3 Å². The van der Waals surface area contributed by atoms with Crippen molar-refractivity contribution >= 4 is 0 Å². The number of nitrogens with zero attached hydrogens (tertiary/aromatic N) is 1. The maximum absolute atomic E-state index is 13.3. The minimum Gasteiger partial charge on any atom is -0.493 e. The number of aliphatic hydroxyl groups excluding tert-OH is 1. The van der Waals surface area contributed by atoms with E-state index in [2.05, 4.69) is 4.90 Å². The monoisotopic (exact) mass is 439 g/mol. The molecular weight excluding hydrogens is 409 g/mol. The average Bonchev–Trinajstić information content (AvgIpc) is 2.81. The molecule has 6 heteroatoms. The molecule has 1 atom stereocenters. The van der Waals surface area contributed by atoms with Crippen LogP contribution in [0.25, 0.3) is 0 Å². The van der Waals surface area contributed by atoms with Crippen molar-refractivity contribution < 1.29 is 23.7 Å². The lowest BCUT2D eigenvalue weighted by Gasteiger charge is -2.26. The van der Waals surface area contributed by atoms with Crippen LogP contribution in [0.15, 0.2) is 72.8 Å². The van der Waals surface area contributed by atoms with Crippen LogP contribution in [0.3, 0.4) is 0 Å². The fourth-order valence-electron chi connectivity index (χ4n) is 3.59. The van der Waals surface area contributed by atoms with Gasteiger partial charge in [0.15, 0.2) is 11.5 Å². The van der Waals surface area contributed by atoms with Crippen LogP contribution in [-0.2, 0) is 24.4 Å². The standard InChI is InChI=1S/C26H30FNO4/c1-30-25-10-6-9-22(26(25)31-2)16-28(15-20-11-13-23(27)14-12-20)17-24(29)19-32-18-21-7-4-3-5-8-21/h3-14,24,29H,15-19H2,1-2H3/t24-/m0/s1. The zero-order chi connectivity index (χ0) is 22.8. The van der Waals surface area contributed by atoms with Crippen LogP contribution in [0.5, 0.6) is 11.5 Å². The highest BCUT2D eigenvalue weighted by atomic mass is 19.1. The molecular formula is C26H30FNO4. The molecule has 3 rings (SSSR count). The van der Waals surface area contributed by atoms with E-state index in [1.54, 1.807) is 26.4 Å². The van der Waals surface area contributed by atoms with E-state index in [1.165, 1.54) is 12.1 Å². The number of aliphatic hydroxyl groups is 1. The molecule has 0 heterocycles. The summed E-state index contributed by atoms with van der Waals surface area (Å²) in [5.41, 5.74) is 2.95. The van der Waals surface area contributed by atoms with Gasteiger partial charge in [-0.2, -0.15) is 0 Å². The number of halogens is 1. The Morgan fingerprint density at radius 3 is 2.28 bits per heavy atom. The van der Waals surface area contributed by atoms with Gasteiger partial charge in [0.25, 0.3) is 0 Å². The summed E-state index contributed by atoms with van der Waals surface area (Å²) < 4.78 is 30.0. The highest BCUT2D eigenvalue weighted by Gasteiger charge is 2.17. The lowest BCUT2D eigenvalue weighted by Crippen LogP contribution is -2.34. The molecule has 0 saturated carbocycles. The van der Waals surface area contributed by atoms with Gasteiger partial charge < -0.3 is 19.3 Å². The number of benzene rings is 3. The Bertz CT molecular complexity index is 950. The molecule has 0 aliphatic rings. The fraction of sp³-hybridized carbons (Fsp3) is 0.308. The Hall–Kier alpha value is -2.93. The van der Waals surface area contributed by atoms with E-state index in [0.717, 1.165) is 16.7 Å². The third-order valence-electron chi connectivity index (χ3n) is 5.09. The maximum Gasteiger partial charge on any atom is 0.165 e. The quantitative estimate of drug-likeness (QED) is 0.453. The Balaban J connectivity index is 1.68. The van der Waals surface area contributed by atoms with E-state index in [1.807, 2.05) is 48.5 Å². The van der Waals surface area contributed by atoms with Crippen LogP contribution >= 0.6 is 0 Å². The van der Waals surface area contributed by atoms with Crippen molar-refractivity contribution in [1.29, 1.82) is 0 Å². The number of hydrogen-bond acceptors (Lipinski definition) is 5. The van der Waals surface area contributed by atoms with Crippen molar-refractivity contribution in [1.82, 2.24) is 4.90 Å². The smallest absolute Gasteiger partial charge is 0.165 e. The third kappa shape index (κ3) is 7.05. The lowest BCUT2D eigenvalue weighted by molar-refractivity contribution is 0.00701. The molecule has 5 nitrogen and oxygen atoms in total. The molecule has 0 saturated heterocycles. The molecule has 32 heavy (non-hydrogen) atoms. The number of ether oxygens (including phenoxy) is 3. The summed E-state index contributed by atoms with van der Waals surface area (Å²) in [6, 6.07) is 22.0. The molecule has 0 aliphatic carbocycles. The van der Waals surface area contributed by atoms with Crippen LogP contribution in [0.4, 0.5) is 4.39 Å². The third-order valence-corrected chi connectivity index (χ3v) is 5.09. The average molecular weight is 440 g/mol. The van der Waals surface area contributed by atoms with Gasteiger partial charge in [0.2, 0.25) is 0 Å². The zero-order valence-corrected chi connectivity index (χ0v) is 18.5. The summed E-state index contributed by atoms with van der Waals surface area (Å²) in [4.78, 5) is 2.08. The molecule has 3 aromatic rings. The minimum absolute atomic E-state index is 0.212. The van der Waals surface area contributed by atoms with Crippen molar-refractivity contribution in [2.45, 2.75) is 25.8 Å². The van der Waals surface area contributed by atoms with Crippen LogP contribution in [0.1, 0.15) is 16.7 Å². The molecule has 0 bridgehead atoms. The summed E-state index contributed by atoms with van der Waals surface area (Å²) in [5, 5.41) is 10.6. The molecule has 3 aromatic carbocycles. The Morgan fingerprint density at radius 2 is 1.59 bits per heavy atom. The molecule has 1 N–H and O–H groups in total. The van der Waals surface area contributed by atoms with Crippen molar-refractivity contribution in [3.63, 3.8) is 0 Å². The second-order valence-electron chi connectivity index (χ2n) is 7.60. The molecule has 0 spiro atoms. The van der Waals surface area contributed by atoms with E-state index in [4.69, 9.17) is 14.2 Å². The van der Waals surface area contributed by atoms with Crippen molar-refractivity contribution in [2.24, 2.45) is 0 Å². The number of rotatable bonds is 12. The molecule has 0 radical (unpaired) electrons. The van der Waals surface area contributed by atoms with Gasteiger partial charge in [-0.15, -0.1) is 0 Å². The van der Waals surface area contributed by atoms with Crippen molar-refractivity contribution in [3.8, 4) is 11.5 Å². The van der Waals surface area contributed by atoms with Gasteiger partial charge in [-0.25, -0.2) is 4.39 Å². The molecule has 0 amide bonds. The Kier molecular flexibility index (Phi) is 9.04. The van der Waals surface area contributed by atoms with Crippen molar-refractivity contribution in [2.75, 3.05) is 27.4 Å². The fourth-order valence-corrected chi connectivity index (χ4v) is 3.59. The van der Waals surface area contributed by atoms with Gasteiger partial charge in [0, 0.05) is 25.2 Å². The normalized spacial score (nSPS) is 12.0. The zero-order valence-electron chi connectivity index (χ0n) is 18.5. The number of hydrogen-bond donors (Lipinski definition) is 1. The predicted octanol–water partition coefficient (Wildman–Crippen LogP) is 4.42. The van der Waals surface area contributed by atoms with E-state index in [9.17, 15) is 9.50 Å². The highest BCUT2D eigenvalue weighted by molar-refractivity contribution is 5.46. The summed E-state index contributed by atoms with van der Waals surface area (Å²) in [6.45, 7) is 2.10. The van der Waals surface area contributed by atoms with E-state index < -0.39 is 6.10 Å². The topological polar surface area (TPSA) is 51.2 Å². The van der Waals surface area contributed by atoms with Gasteiger partial charge in [0.05, 0.1) is 33.5 Å². The van der Waals surface area contributed by atoms with Crippen LogP contribution < -0.4 is 9.47 Å². The van der Waals surface area contributed by atoms with E-state index in [-0.39, 0.29) is 12.4 Å². The predicted molar refractivity (Wildman–Crippen MR) is 122 cm³/mol. The molecule has 0 aromatic heterocycles. The van der Waals surface area contributed by atoms with Gasteiger partial charge in [0.1, 0.15) is 5.82 Å².